The first-order chi connectivity index (χ1) is 16.1. The Hall–Kier alpha value is -2.60. The Bertz CT molecular complexity index is 1230. The third-order valence-electron chi connectivity index (χ3n) is 6.06. The van der Waals surface area contributed by atoms with Crippen molar-refractivity contribution in [1.29, 1.82) is 0 Å². The van der Waals surface area contributed by atoms with Gasteiger partial charge in [0.05, 0.1) is 26.0 Å². The van der Waals surface area contributed by atoms with Crippen LogP contribution in [0.1, 0.15) is 31.1 Å². The van der Waals surface area contributed by atoms with Crippen molar-refractivity contribution >= 4 is 26.8 Å². The van der Waals surface area contributed by atoms with Crippen LogP contribution in [0, 0.1) is 0 Å². The molecule has 10 nitrogen and oxygen atoms in total. The van der Waals surface area contributed by atoms with Gasteiger partial charge in [-0.15, -0.1) is 0 Å². The Kier molecular flexibility index (Phi) is 6.28. The molecule has 176 valence electrons. The van der Waals surface area contributed by atoms with Crippen molar-refractivity contribution in [3.8, 4) is 11.4 Å². The monoisotopic (exact) mass is 473 g/mol. The van der Waals surface area contributed by atoms with E-state index in [9.17, 15) is 8.42 Å². The van der Waals surface area contributed by atoms with E-state index in [0.29, 0.717) is 55.5 Å². The molecule has 0 bridgehead atoms. The van der Waals surface area contributed by atoms with E-state index < -0.39 is 10.1 Å². The second-order valence-electron chi connectivity index (χ2n) is 8.15. The van der Waals surface area contributed by atoms with E-state index >= 15 is 0 Å². The first kappa shape index (κ1) is 22.2. The topological polar surface area (TPSA) is 109 Å². The normalized spacial score (nSPS) is 19.8. The SMILES string of the molecule is COS(=O)(=O)Cc1cc(N2CCOCC2)nc2c(-c3ccnn3C3CCCCO3)nccc12. The summed E-state index contributed by atoms with van der Waals surface area (Å²) in [7, 11) is -2.55. The number of rotatable bonds is 6. The van der Waals surface area contributed by atoms with E-state index in [4.69, 9.17) is 18.6 Å². The highest BCUT2D eigenvalue weighted by atomic mass is 32.2. The van der Waals surface area contributed by atoms with E-state index in [1.54, 1.807) is 18.5 Å². The molecule has 5 heterocycles. The fraction of sp³-hybridized carbons (Fsp3) is 0.500. The Morgan fingerprint density at radius 1 is 1.15 bits per heavy atom. The molecule has 11 heteroatoms. The van der Waals surface area contributed by atoms with E-state index in [-0.39, 0.29) is 12.0 Å². The van der Waals surface area contributed by atoms with Crippen LogP contribution < -0.4 is 4.90 Å². The Balaban J connectivity index is 1.67. The molecule has 1 unspecified atom stereocenters. The number of nitrogens with zero attached hydrogens (tertiary/aromatic N) is 5. The molecule has 33 heavy (non-hydrogen) atoms. The van der Waals surface area contributed by atoms with Gasteiger partial charge in [-0.1, -0.05) is 0 Å². The number of hydrogen-bond acceptors (Lipinski definition) is 9. The third kappa shape index (κ3) is 4.58. The fourth-order valence-electron chi connectivity index (χ4n) is 4.37. The summed E-state index contributed by atoms with van der Waals surface area (Å²) < 4.78 is 42.7. The molecule has 0 spiro atoms. The number of ether oxygens (including phenoxy) is 2. The minimum atomic E-state index is -3.73. The molecule has 0 aromatic carbocycles. The number of anilines is 1. The molecule has 3 aromatic heterocycles. The van der Waals surface area contributed by atoms with Crippen LogP contribution >= 0.6 is 0 Å². The van der Waals surface area contributed by atoms with Crippen LogP contribution in [0.15, 0.2) is 30.6 Å². The molecule has 3 aromatic rings. The molecule has 0 aliphatic carbocycles. The molecule has 2 aliphatic rings. The molecule has 0 N–H and O–H groups in total. The average Bonchev–Trinajstić information content (AvgIpc) is 3.34. The standard InChI is InChI=1S/C22H27N5O5S/c1-30-33(28,29)15-16-14-19(26-9-12-31-13-10-26)25-21-17(16)5-7-23-22(21)18-6-8-24-27(18)20-4-2-3-11-32-20/h5-8,14,20H,2-4,9-13,15H2,1H3. The zero-order chi connectivity index (χ0) is 22.8. The molecule has 2 aliphatic heterocycles. The lowest BCUT2D eigenvalue weighted by atomic mass is 10.1. The zero-order valence-electron chi connectivity index (χ0n) is 18.5. The van der Waals surface area contributed by atoms with Crippen molar-refractivity contribution in [2.45, 2.75) is 31.2 Å². The summed E-state index contributed by atoms with van der Waals surface area (Å²) >= 11 is 0. The molecule has 0 radical (unpaired) electrons. The van der Waals surface area contributed by atoms with Gasteiger partial charge in [-0.05, 0) is 43.0 Å². The van der Waals surface area contributed by atoms with Crippen molar-refractivity contribution < 1.29 is 22.1 Å². The van der Waals surface area contributed by atoms with Gasteiger partial charge in [0.25, 0.3) is 10.1 Å². The van der Waals surface area contributed by atoms with Crippen molar-refractivity contribution in [3.05, 3.63) is 36.2 Å². The van der Waals surface area contributed by atoms with Crippen LogP contribution in [0.3, 0.4) is 0 Å². The quantitative estimate of drug-likeness (QED) is 0.499. The number of fused-ring (bicyclic) bond motifs is 1. The average molecular weight is 474 g/mol. The molecule has 5 rings (SSSR count). The van der Waals surface area contributed by atoms with Gasteiger partial charge in [0.15, 0.2) is 6.23 Å². The summed E-state index contributed by atoms with van der Waals surface area (Å²) in [6.07, 6.45) is 6.25. The van der Waals surface area contributed by atoms with E-state index in [2.05, 4.69) is 15.0 Å². The predicted octanol–water partition coefficient (Wildman–Crippen LogP) is 2.51. The maximum Gasteiger partial charge on any atom is 0.271 e. The fourth-order valence-corrected chi connectivity index (χ4v) is 5.10. The maximum atomic E-state index is 12.4. The summed E-state index contributed by atoms with van der Waals surface area (Å²) in [4.78, 5) is 11.7. The van der Waals surface area contributed by atoms with Gasteiger partial charge in [0, 0.05) is 37.5 Å². The zero-order valence-corrected chi connectivity index (χ0v) is 19.3. The van der Waals surface area contributed by atoms with Crippen LogP contribution in [0.25, 0.3) is 22.3 Å². The highest BCUT2D eigenvalue weighted by Gasteiger charge is 2.24. The van der Waals surface area contributed by atoms with E-state index in [1.165, 1.54) is 7.11 Å². The van der Waals surface area contributed by atoms with Crippen molar-refractivity contribution in [2.24, 2.45) is 0 Å². The smallest absolute Gasteiger partial charge is 0.271 e. The molecular formula is C22H27N5O5S. The molecule has 1 atom stereocenters. The highest BCUT2D eigenvalue weighted by Crippen LogP contribution is 2.33. The molecule has 0 amide bonds. The summed E-state index contributed by atoms with van der Waals surface area (Å²) in [5, 5.41) is 5.23. The molecule has 2 fully saturated rings. The van der Waals surface area contributed by atoms with Gasteiger partial charge in [0.2, 0.25) is 0 Å². The number of aromatic nitrogens is 4. The number of hydrogen-bond donors (Lipinski definition) is 0. The van der Waals surface area contributed by atoms with Gasteiger partial charge < -0.3 is 14.4 Å². The first-order valence-corrected chi connectivity index (χ1v) is 12.7. The van der Waals surface area contributed by atoms with Crippen LogP contribution in [0.2, 0.25) is 0 Å². The molecule has 2 saturated heterocycles. The highest BCUT2D eigenvalue weighted by molar-refractivity contribution is 7.85. The Labute approximate surface area is 192 Å². The maximum absolute atomic E-state index is 12.4. The van der Waals surface area contributed by atoms with E-state index in [1.807, 2.05) is 16.8 Å². The van der Waals surface area contributed by atoms with Crippen LogP contribution in [0.4, 0.5) is 5.82 Å². The summed E-state index contributed by atoms with van der Waals surface area (Å²) in [6.45, 7) is 3.25. The Morgan fingerprint density at radius 3 is 2.76 bits per heavy atom. The van der Waals surface area contributed by atoms with Gasteiger partial charge in [0.1, 0.15) is 22.8 Å². The first-order valence-electron chi connectivity index (χ1n) is 11.1. The van der Waals surface area contributed by atoms with Crippen LogP contribution in [-0.4, -0.2) is 68.2 Å². The molecule has 0 saturated carbocycles. The Morgan fingerprint density at radius 2 is 2.00 bits per heavy atom. The van der Waals surface area contributed by atoms with Crippen molar-refractivity contribution in [3.63, 3.8) is 0 Å². The second-order valence-corrected chi connectivity index (χ2v) is 9.88. The van der Waals surface area contributed by atoms with Gasteiger partial charge in [-0.25, -0.2) is 9.67 Å². The van der Waals surface area contributed by atoms with Gasteiger partial charge in [-0.2, -0.15) is 13.5 Å². The summed E-state index contributed by atoms with van der Waals surface area (Å²) in [6, 6.07) is 5.53. The lowest BCUT2D eigenvalue weighted by molar-refractivity contribution is -0.0383. The largest absolute Gasteiger partial charge is 0.378 e. The van der Waals surface area contributed by atoms with Crippen molar-refractivity contribution in [1.82, 2.24) is 19.7 Å². The van der Waals surface area contributed by atoms with E-state index in [0.717, 1.165) is 30.3 Å². The third-order valence-corrected chi connectivity index (χ3v) is 7.23. The summed E-state index contributed by atoms with van der Waals surface area (Å²) in [5.74, 6) is 0.440. The lowest BCUT2D eigenvalue weighted by Gasteiger charge is -2.28. The molecular weight excluding hydrogens is 446 g/mol. The van der Waals surface area contributed by atoms with Crippen LogP contribution in [-0.2, 0) is 29.5 Å². The minimum Gasteiger partial charge on any atom is -0.378 e. The van der Waals surface area contributed by atoms with Crippen molar-refractivity contribution in [2.75, 3.05) is 44.9 Å². The number of pyridine rings is 2. The minimum absolute atomic E-state index is 0.156. The van der Waals surface area contributed by atoms with Crippen LogP contribution in [0.5, 0.6) is 0 Å². The second kappa shape index (κ2) is 9.34. The summed E-state index contributed by atoms with van der Waals surface area (Å²) in [5.41, 5.74) is 2.68. The number of morpholine rings is 1. The van der Waals surface area contributed by atoms with Gasteiger partial charge in [-0.3, -0.25) is 9.17 Å². The lowest BCUT2D eigenvalue weighted by Crippen LogP contribution is -2.36. The predicted molar refractivity (Wildman–Crippen MR) is 122 cm³/mol. The van der Waals surface area contributed by atoms with Gasteiger partial charge >= 0.3 is 0 Å².